The van der Waals surface area contributed by atoms with Crippen LogP contribution in [-0.2, 0) is 22.5 Å². The average Bonchev–Trinajstić information content (AvgIpc) is 2.45. The van der Waals surface area contributed by atoms with E-state index in [2.05, 4.69) is 38.1 Å². The van der Waals surface area contributed by atoms with Crippen LogP contribution in [0.1, 0.15) is 25.0 Å². The van der Waals surface area contributed by atoms with E-state index in [4.69, 9.17) is 4.74 Å². The Kier molecular flexibility index (Phi) is 4.27. The Morgan fingerprint density at radius 1 is 1.24 bits per heavy atom. The number of ether oxygens (including phenoxy) is 1. The lowest BCUT2D eigenvalue weighted by atomic mass is 10.00. The maximum Gasteiger partial charge on any atom is 0.278 e. The number of carbonyl (C=O) groups excluding carboxylic acids is 1. The number of fused-ring (bicyclic) bond motifs is 1. The quantitative estimate of drug-likeness (QED) is 0.848. The highest BCUT2D eigenvalue weighted by Gasteiger charge is 2.29. The minimum absolute atomic E-state index is 0.249. The van der Waals surface area contributed by atoms with Gasteiger partial charge in [-0.1, -0.05) is 24.3 Å². The van der Waals surface area contributed by atoms with Gasteiger partial charge in [-0.2, -0.15) is 0 Å². The van der Waals surface area contributed by atoms with Gasteiger partial charge in [-0.3, -0.25) is 4.79 Å². The van der Waals surface area contributed by atoms with Crippen LogP contribution in [0, 0.1) is 0 Å². The van der Waals surface area contributed by atoms with Gasteiger partial charge in [0, 0.05) is 13.1 Å². The highest BCUT2D eigenvalue weighted by atomic mass is 16.5. The van der Waals surface area contributed by atoms with Crippen LogP contribution in [0.25, 0.3) is 0 Å². The van der Waals surface area contributed by atoms with Crippen LogP contribution in [0.5, 0.6) is 0 Å². The van der Waals surface area contributed by atoms with Crippen molar-refractivity contribution in [2.24, 2.45) is 0 Å². The maximum absolute atomic E-state index is 12.6. The van der Waals surface area contributed by atoms with Gasteiger partial charge in [0.1, 0.15) is 25.3 Å². The van der Waals surface area contributed by atoms with E-state index in [1.807, 2.05) is 4.90 Å². The molecule has 2 heterocycles. The molecule has 0 aromatic heterocycles. The molecule has 21 heavy (non-hydrogen) atoms. The molecule has 1 N–H and O–H groups in total. The summed E-state index contributed by atoms with van der Waals surface area (Å²) in [5.74, 6) is 0.279. The molecule has 2 atom stereocenters. The molecule has 1 saturated heterocycles. The SMILES string of the molecule is C[C@H]1C[NH+](CC(=O)N2CCc3ccccc3C2)C[C@H](C)O1. The number of carbonyl (C=O) groups is 1. The van der Waals surface area contributed by atoms with Crippen molar-refractivity contribution in [1.82, 2.24) is 4.90 Å². The van der Waals surface area contributed by atoms with E-state index in [1.54, 1.807) is 0 Å². The Labute approximate surface area is 126 Å². The third-order valence-corrected chi connectivity index (χ3v) is 4.50. The van der Waals surface area contributed by atoms with Gasteiger partial charge in [0.25, 0.3) is 5.91 Å². The van der Waals surface area contributed by atoms with Crippen molar-refractivity contribution >= 4 is 5.91 Å². The van der Waals surface area contributed by atoms with Crippen molar-refractivity contribution in [3.63, 3.8) is 0 Å². The fourth-order valence-corrected chi connectivity index (χ4v) is 3.57. The molecule has 1 aromatic carbocycles. The molecule has 1 amide bonds. The van der Waals surface area contributed by atoms with Crippen LogP contribution in [0.15, 0.2) is 24.3 Å². The van der Waals surface area contributed by atoms with Crippen molar-refractivity contribution in [3.05, 3.63) is 35.4 Å². The lowest BCUT2D eigenvalue weighted by molar-refractivity contribution is -0.907. The highest BCUT2D eigenvalue weighted by Crippen LogP contribution is 2.18. The molecule has 0 radical (unpaired) electrons. The molecule has 3 rings (SSSR count). The molecule has 0 aliphatic carbocycles. The van der Waals surface area contributed by atoms with Crippen LogP contribution in [0.4, 0.5) is 0 Å². The molecule has 114 valence electrons. The monoisotopic (exact) mass is 289 g/mol. The minimum Gasteiger partial charge on any atom is -0.364 e. The zero-order valence-corrected chi connectivity index (χ0v) is 13.0. The standard InChI is InChI=1S/C17H24N2O2/c1-13-9-18(10-14(2)21-13)12-17(20)19-8-7-15-5-3-4-6-16(15)11-19/h3-6,13-14H,7-12H2,1-2H3/p+1/t13-,14-/m0/s1. The van der Waals surface area contributed by atoms with Crippen LogP contribution in [0.3, 0.4) is 0 Å². The van der Waals surface area contributed by atoms with Crippen LogP contribution < -0.4 is 4.90 Å². The first-order valence-corrected chi connectivity index (χ1v) is 7.95. The average molecular weight is 289 g/mol. The summed E-state index contributed by atoms with van der Waals surface area (Å²) in [6.07, 6.45) is 1.48. The van der Waals surface area contributed by atoms with Crippen LogP contribution in [0.2, 0.25) is 0 Å². The van der Waals surface area contributed by atoms with Gasteiger partial charge in [0.05, 0.1) is 0 Å². The summed E-state index contributed by atoms with van der Waals surface area (Å²) in [6, 6.07) is 8.45. The molecule has 0 bridgehead atoms. The molecule has 1 aromatic rings. The Morgan fingerprint density at radius 2 is 1.90 bits per heavy atom. The first-order valence-electron chi connectivity index (χ1n) is 7.95. The first-order chi connectivity index (χ1) is 10.1. The molecule has 2 aliphatic heterocycles. The van der Waals surface area contributed by atoms with E-state index in [-0.39, 0.29) is 18.1 Å². The van der Waals surface area contributed by atoms with E-state index in [9.17, 15) is 4.79 Å². The minimum atomic E-state index is 0.249. The number of nitrogens with one attached hydrogen (secondary N) is 1. The van der Waals surface area contributed by atoms with E-state index in [0.717, 1.165) is 32.6 Å². The smallest absolute Gasteiger partial charge is 0.278 e. The fraction of sp³-hybridized carbons (Fsp3) is 0.588. The van der Waals surface area contributed by atoms with E-state index in [1.165, 1.54) is 16.0 Å². The van der Waals surface area contributed by atoms with Gasteiger partial charge in [-0.15, -0.1) is 0 Å². The van der Waals surface area contributed by atoms with Gasteiger partial charge < -0.3 is 14.5 Å². The summed E-state index contributed by atoms with van der Waals surface area (Å²) in [5, 5.41) is 0. The predicted octanol–water partition coefficient (Wildman–Crippen LogP) is 0.263. The number of benzene rings is 1. The van der Waals surface area contributed by atoms with Crippen LogP contribution in [-0.4, -0.2) is 49.2 Å². The van der Waals surface area contributed by atoms with Gasteiger partial charge in [0.2, 0.25) is 0 Å². The fourth-order valence-electron chi connectivity index (χ4n) is 3.57. The van der Waals surface area contributed by atoms with Crippen molar-refractivity contribution in [3.8, 4) is 0 Å². The summed E-state index contributed by atoms with van der Waals surface area (Å²) in [7, 11) is 0. The number of amides is 1. The summed E-state index contributed by atoms with van der Waals surface area (Å²) in [6.45, 7) is 8.27. The number of hydrogen-bond acceptors (Lipinski definition) is 2. The molecular formula is C17H25N2O2+. The van der Waals surface area contributed by atoms with Gasteiger partial charge in [-0.05, 0) is 31.4 Å². The summed E-state index contributed by atoms with van der Waals surface area (Å²) < 4.78 is 5.74. The molecule has 0 saturated carbocycles. The van der Waals surface area contributed by atoms with Gasteiger partial charge in [-0.25, -0.2) is 0 Å². The number of nitrogens with zero attached hydrogens (tertiary/aromatic N) is 1. The number of rotatable bonds is 2. The van der Waals surface area contributed by atoms with Crippen molar-refractivity contribution in [1.29, 1.82) is 0 Å². The van der Waals surface area contributed by atoms with Gasteiger partial charge >= 0.3 is 0 Å². The van der Waals surface area contributed by atoms with E-state index >= 15 is 0 Å². The molecule has 0 spiro atoms. The largest absolute Gasteiger partial charge is 0.364 e. The van der Waals surface area contributed by atoms with Gasteiger partial charge in [0.15, 0.2) is 6.54 Å². The van der Waals surface area contributed by atoms with E-state index in [0.29, 0.717) is 6.54 Å². The van der Waals surface area contributed by atoms with Crippen LogP contribution >= 0.6 is 0 Å². The zero-order valence-electron chi connectivity index (χ0n) is 13.0. The zero-order chi connectivity index (χ0) is 14.8. The van der Waals surface area contributed by atoms with Crippen molar-refractivity contribution in [2.75, 3.05) is 26.2 Å². The normalized spacial score (nSPS) is 29.0. The second kappa shape index (κ2) is 6.16. The summed E-state index contributed by atoms with van der Waals surface area (Å²) in [5.41, 5.74) is 2.69. The van der Waals surface area contributed by atoms with Crippen molar-refractivity contribution in [2.45, 2.75) is 39.0 Å². The summed E-state index contributed by atoms with van der Waals surface area (Å²) in [4.78, 5) is 15.9. The number of hydrogen-bond donors (Lipinski definition) is 1. The topological polar surface area (TPSA) is 34.0 Å². The lowest BCUT2D eigenvalue weighted by Crippen LogP contribution is -3.16. The number of morpholine rings is 1. The molecule has 4 heteroatoms. The predicted molar refractivity (Wildman–Crippen MR) is 81.1 cm³/mol. The first kappa shape index (κ1) is 14.5. The Bertz CT molecular complexity index is 507. The molecule has 0 unspecified atom stereocenters. The second-order valence-corrected chi connectivity index (χ2v) is 6.43. The number of quaternary nitrogens is 1. The molecule has 4 nitrogen and oxygen atoms in total. The molecule has 2 aliphatic rings. The van der Waals surface area contributed by atoms with E-state index < -0.39 is 0 Å². The second-order valence-electron chi connectivity index (χ2n) is 6.43. The lowest BCUT2D eigenvalue weighted by Gasteiger charge is -2.34. The van der Waals surface area contributed by atoms with Crippen molar-refractivity contribution < 1.29 is 14.4 Å². The molecule has 1 fully saturated rings. The highest BCUT2D eigenvalue weighted by molar-refractivity contribution is 5.77. The Morgan fingerprint density at radius 3 is 2.62 bits per heavy atom. The Hall–Kier alpha value is -1.39. The third kappa shape index (κ3) is 3.44. The molecular weight excluding hydrogens is 264 g/mol. The Balaban J connectivity index is 1.59. The third-order valence-electron chi connectivity index (χ3n) is 4.50. The summed E-state index contributed by atoms with van der Waals surface area (Å²) >= 11 is 0. The maximum atomic E-state index is 12.6.